The van der Waals surface area contributed by atoms with E-state index in [-0.39, 0.29) is 11.3 Å². The predicted octanol–water partition coefficient (Wildman–Crippen LogP) is 2.66. The Morgan fingerprint density at radius 2 is 1.83 bits per heavy atom. The number of hydrogen-bond acceptors (Lipinski definition) is 4. The zero-order valence-corrected chi connectivity index (χ0v) is 13.3. The van der Waals surface area contributed by atoms with Crippen LogP contribution in [0.25, 0.3) is 0 Å². The highest BCUT2D eigenvalue weighted by Gasteiger charge is 2.37. The molecule has 0 N–H and O–H groups in total. The first kappa shape index (κ1) is 15.5. The van der Waals surface area contributed by atoms with E-state index in [0.29, 0.717) is 30.2 Å². The van der Waals surface area contributed by atoms with E-state index in [2.05, 4.69) is 20.8 Å². The standard InChI is InChI=1S/C12H25NO4Si/c1-10(9-11-15-7-8-16-11)13(14)17-18(5,6)12(2,3)4/h11H,7-9H2,1-6H3/b13-10+. The molecule has 1 saturated heterocycles. The molecule has 0 aliphatic carbocycles. The van der Waals surface area contributed by atoms with Crippen LogP contribution >= 0.6 is 0 Å². The first-order valence-electron chi connectivity index (χ1n) is 6.35. The van der Waals surface area contributed by atoms with E-state index in [1.807, 2.05) is 13.1 Å². The lowest BCUT2D eigenvalue weighted by Crippen LogP contribution is -2.44. The minimum atomic E-state index is -2.08. The van der Waals surface area contributed by atoms with E-state index in [1.165, 1.54) is 0 Å². The second-order valence-electron chi connectivity index (χ2n) is 6.22. The van der Waals surface area contributed by atoms with E-state index >= 15 is 0 Å². The molecule has 0 bridgehead atoms. The second-order valence-corrected chi connectivity index (χ2v) is 10.9. The van der Waals surface area contributed by atoms with Gasteiger partial charge in [0.2, 0.25) is 5.71 Å². The third kappa shape index (κ3) is 3.96. The smallest absolute Gasteiger partial charge is 0.223 e. The lowest BCUT2D eigenvalue weighted by Gasteiger charge is -2.37. The SMILES string of the molecule is C/C(CC1OCCO1)=[N+](/[O-])O[Si](C)(C)C(C)(C)C. The highest BCUT2D eigenvalue weighted by Crippen LogP contribution is 2.36. The summed E-state index contributed by atoms with van der Waals surface area (Å²) in [7, 11) is -2.08. The van der Waals surface area contributed by atoms with Gasteiger partial charge in [0.1, 0.15) is 0 Å². The Balaban J connectivity index is 2.64. The Bertz CT molecular complexity index is 317. The Morgan fingerprint density at radius 3 is 2.28 bits per heavy atom. The molecule has 0 aromatic rings. The van der Waals surface area contributed by atoms with Crippen LogP contribution in [0.5, 0.6) is 0 Å². The third-order valence-electron chi connectivity index (χ3n) is 3.58. The van der Waals surface area contributed by atoms with E-state index in [9.17, 15) is 5.21 Å². The fourth-order valence-electron chi connectivity index (χ4n) is 1.26. The first-order valence-corrected chi connectivity index (χ1v) is 9.26. The molecule has 0 unspecified atom stereocenters. The van der Waals surface area contributed by atoms with Crippen LogP contribution in [0.1, 0.15) is 34.1 Å². The quantitative estimate of drug-likeness (QED) is 0.342. The van der Waals surface area contributed by atoms with Crippen molar-refractivity contribution in [1.82, 2.24) is 0 Å². The van der Waals surface area contributed by atoms with Crippen molar-refractivity contribution in [2.75, 3.05) is 13.2 Å². The molecule has 1 aliphatic rings. The van der Waals surface area contributed by atoms with Crippen molar-refractivity contribution in [3.8, 4) is 0 Å². The molecule has 0 aromatic carbocycles. The van der Waals surface area contributed by atoms with Gasteiger partial charge in [-0.1, -0.05) is 33.9 Å². The molecule has 0 spiro atoms. The largest absolute Gasteiger partial charge is 0.443 e. The Hall–Kier alpha value is -0.593. The average Bonchev–Trinajstić information content (AvgIpc) is 2.67. The van der Waals surface area contributed by atoms with Gasteiger partial charge < -0.3 is 14.0 Å². The summed E-state index contributed by atoms with van der Waals surface area (Å²) < 4.78 is 16.3. The van der Waals surface area contributed by atoms with E-state index in [4.69, 9.17) is 14.0 Å². The summed E-state index contributed by atoms with van der Waals surface area (Å²) in [6, 6.07) is 0. The van der Waals surface area contributed by atoms with Gasteiger partial charge in [0.15, 0.2) is 14.6 Å². The number of ether oxygens (including phenoxy) is 2. The molecule has 0 aromatic heterocycles. The number of hydrogen-bond donors (Lipinski definition) is 0. The predicted molar refractivity (Wildman–Crippen MR) is 72.9 cm³/mol. The van der Waals surface area contributed by atoms with Gasteiger partial charge in [-0.15, -0.1) is 0 Å². The van der Waals surface area contributed by atoms with E-state index < -0.39 is 8.32 Å². The first-order chi connectivity index (χ1) is 8.13. The van der Waals surface area contributed by atoms with Crippen molar-refractivity contribution >= 4 is 14.0 Å². The zero-order chi connectivity index (χ0) is 14.0. The van der Waals surface area contributed by atoms with Gasteiger partial charge in [-0.2, -0.15) is 0 Å². The fraction of sp³-hybridized carbons (Fsp3) is 0.917. The van der Waals surface area contributed by atoms with Crippen molar-refractivity contribution in [3.63, 3.8) is 0 Å². The van der Waals surface area contributed by atoms with E-state index in [1.54, 1.807) is 6.92 Å². The molecule has 18 heavy (non-hydrogen) atoms. The van der Waals surface area contributed by atoms with Crippen LogP contribution < -0.4 is 0 Å². The summed E-state index contributed by atoms with van der Waals surface area (Å²) in [4.78, 5) is 0.655. The average molecular weight is 275 g/mol. The minimum Gasteiger partial charge on any atom is -0.443 e. The van der Waals surface area contributed by atoms with Gasteiger partial charge in [-0.3, -0.25) is 5.21 Å². The zero-order valence-electron chi connectivity index (χ0n) is 12.3. The van der Waals surface area contributed by atoms with Gasteiger partial charge in [-0.05, 0) is 5.04 Å². The van der Waals surface area contributed by atoms with Crippen molar-refractivity contribution in [1.29, 1.82) is 0 Å². The molecule has 6 heteroatoms. The lowest BCUT2D eigenvalue weighted by molar-refractivity contribution is -0.706. The van der Waals surface area contributed by atoms with Crippen LogP contribution in [0.4, 0.5) is 0 Å². The van der Waals surface area contributed by atoms with Gasteiger partial charge >= 0.3 is 0 Å². The molecule has 1 heterocycles. The van der Waals surface area contributed by atoms with Crippen LogP contribution in [0.2, 0.25) is 18.1 Å². The second kappa shape index (κ2) is 5.58. The topological polar surface area (TPSA) is 53.8 Å². The molecular formula is C12H25NO4Si. The minimum absolute atomic E-state index is 0.0102. The summed E-state index contributed by atoms with van der Waals surface area (Å²) in [6.45, 7) is 13.4. The van der Waals surface area contributed by atoms with E-state index in [0.717, 1.165) is 0 Å². The maximum atomic E-state index is 12.0. The van der Waals surface area contributed by atoms with Crippen LogP contribution in [-0.2, 0) is 14.0 Å². The van der Waals surface area contributed by atoms with Gasteiger partial charge in [0.05, 0.1) is 19.6 Å². The lowest BCUT2D eigenvalue weighted by atomic mass is 10.2. The molecule has 1 aliphatic heterocycles. The van der Waals surface area contributed by atoms with Gasteiger partial charge in [0, 0.05) is 11.8 Å². The van der Waals surface area contributed by atoms with Gasteiger partial charge in [-0.25, -0.2) is 0 Å². The molecule has 5 nitrogen and oxygen atoms in total. The summed E-state index contributed by atoms with van der Waals surface area (Å²) in [6.07, 6.45) is 0.155. The summed E-state index contributed by atoms with van der Waals surface area (Å²) >= 11 is 0. The summed E-state index contributed by atoms with van der Waals surface area (Å²) in [5, 5.41) is 12.0. The molecule has 1 fully saturated rings. The molecule has 0 amide bonds. The normalized spacial score (nSPS) is 19.9. The molecule has 1 rings (SSSR count). The van der Waals surface area contributed by atoms with Gasteiger partial charge in [0.25, 0.3) is 0 Å². The maximum absolute atomic E-state index is 12.0. The number of rotatable bonds is 4. The van der Waals surface area contributed by atoms with Crippen LogP contribution in [0.15, 0.2) is 0 Å². The van der Waals surface area contributed by atoms with Crippen molar-refractivity contribution in [3.05, 3.63) is 5.21 Å². The maximum Gasteiger partial charge on any atom is 0.223 e. The van der Waals surface area contributed by atoms with Crippen LogP contribution in [0.3, 0.4) is 0 Å². The van der Waals surface area contributed by atoms with Crippen LogP contribution in [-0.4, -0.2) is 38.4 Å². The Labute approximate surface area is 110 Å². The molecule has 106 valence electrons. The summed E-state index contributed by atoms with van der Waals surface area (Å²) in [5.74, 6) is 0. The monoisotopic (exact) mass is 275 g/mol. The Morgan fingerprint density at radius 1 is 1.33 bits per heavy atom. The highest BCUT2D eigenvalue weighted by atomic mass is 28.4. The number of nitrogens with zero attached hydrogens (tertiary/aromatic N) is 1. The molecule has 0 atom stereocenters. The Kier molecular flexibility index (Phi) is 4.80. The molecule has 0 saturated carbocycles. The third-order valence-corrected chi connectivity index (χ3v) is 7.82. The highest BCUT2D eigenvalue weighted by molar-refractivity contribution is 6.73. The molecular weight excluding hydrogens is 250 g/mol. The van der Waals surface area contributed by atoms with Crippen molar-refractivity contribution in [2.24, 2.45) is 0 Å². The van der Waals surface area contributed by atoms with Crippen molar-refractivity contribution in [2.45, 2.75) is 58.5 Å². The van der Waals surface area contributed by atoms with Crippen LogP contribution in [0, 0.1) is 5.21 Å². The molecule has 0 radical (unpaired) electrons. The van der Waals surface area contributed by atoms with Crippen molar-refractivity contribution < 1.29 is 18.9 Å². The fourth-order valence-corrected chi connectivity index (χ4v) is 2.11. The summed E-state index contributed by atoms with van der Waals surface area (Å²) in [5.41, 5.74) is 0.590.